The average molecular weight is 399 g/mol. The summed E-state index contributed by atoms with van der Waals surface area (Å²) in [7, 11) is 0. The van der Waals surface area contributed by atoms with E-state index in [2.05, 4.69) is 30.8 Å². The minimum absolute atomic E-state index is 0.333. The van der Waals surface area contributed by atoms with Crippen LogP contribution in [0.1, 0.15) is 0 Å². The molecule has 0 bridgehead atoms. The van der Waals surface area contributed by atoms with Gasteiger partial charge in [-0.15, -0.1) is 10.2 Å². The lowest BCUT2D eigenvalue weighted by Crippen LogP contribution is -2.48. The van der Waals surface area contributed by atoms with Gasteiger partial charge in [0, 0.05) is 4.91 Å². The van der Waals surface area contributed by atoms with Gasteiger partial charge in [0.15, 0.2) is 0 Å². The number of anilines is 1. The molecule has 0 aliphatic heterocycles. The summed E-state index contributed by atoms with van der Waals surface area (Å²) in [6.07, 6.45) is -7.08. The second-order valence-corrected chi connectivity index (χ2v) is 5.89. The maximum Gasteiger partial charge on any atom is 0.202 e. The van der Waals surface area contributed by atoms with Crippen molar-refractivity contribution in [2.24, 2.45) is 20.4 Å². The molecular formula is C18H21N7O4. The summed E-state index contributed by atoms with van der Waals surface area (Å²) in [5, 5.41) is 55.3. The minimum Gasteiger partial charge on any atom is -0.390 e. The number of aliphatic hydroxyl groups excluding tert-OH is 4. The number of nitrogens with zero attached hydrogens (tertiary/aromatic N) is 6. The molecule has 0 spiro atoms. The van der Waals surface area contributed by atoms with E-state index in [-0.39, 0.29) is 5.84 Å². The molecule has 11 heteroatoms. The zero-order valence-electron chi connectivity index (χ0n) is 15.3. The third-order valence-corrected chi connectivity index (χ3v) is 3.76. The third kappa shape index (κ3) is 6.96. The van der Waals surface area contributed by atoms with Gasteiger partial charge in [0.05, 0.1) is 24.0 Å². The molecule has 2 aromatic carbocycles. The SMILES string of the molecule is [N-]=[N+]=NC[C@@H](O)[C@H](O)[C@H](O)[C@@H](O)/C(N=Nc1ccccc1)=N\Nc1ccccc1. The van der Waals surface area contributed by atoms with Gasteiger partial charge in [0.2, 0.25) is 5.84 Å². The van der Waals surface area contributed by atoms with Crippen LogP contribution in [-0.2, 0) is 0 Å². The smallest absolute Gasteiger partial charge is 0.202 e. The van der Waals surface area contributed by atoms with Crippen molar-refractivity contribution < 1.29 is 20.4 Å². The Morgan fingerprint density at radius 3 is 2.17 bits per heavy atom. The van der Waals surface area contributed by atoms with E-state index in [0.29, 0.717) is 11.4 Å². The molecule has 0 fully saturated rings. The summed E-state index contributed by atoms with van der Waals surface area (Å²) in [5.41, 5.74) is 12.0. The van der Waals surface area contributed by atoms with E-state index in [1.165, 1.54) is 0 Å². The van der Waals surface area contributed by atoms with Gasteiger partial charge in [0.1, 0.15) is 18.3 Å². The Morgan fingerprint density at radius 2 is 1.55 bits per heavy atom. The number of hydrogen-bond donors (Lipinski definition) is 5. The van der Waals surface area contributed by atoms with Crippen LogP contribution in [0.3, 0.4) is 0 Å². The number of aliphatic hydroxyl groups is 4. The fourth-order valence-corrected chi connectivity index (χ4v) is 2.18. The first-order valence-corrected chi connectivity index (χ1v) is 8.61. The Kier molecular flexibility index (Phi) is 8.70. The molecule has 0 saturated heterocycles. The van der Waals surface area contributed by atoms with Gasteiger partial charge < -0.3 is 20.4 Å². The minimum atomic E-state index is -1.87. The summed E-state index contributed by atoms with van der Waals surface area (Å²) in [6, 6.07) is 17.4. The second-order valence-electron chi connectivity index (χ2n) is 5.89. The maximum absolute atomic E-state index is 10.4. The highest BCUT2D eigenvalue weighted by Crippen LogP contribution is 2.14. The van der Waals surface area contributed by atoms with Crippen molar-refractivity contribution in [1.82, 2.24) is 0 Å². The van der Waals surface area contributed by atoms with Crippen molar-refractivity contribution >= 4 is 17.2 Å². The van der Waals surface area contributed by atoms with Crippen LogP contribution in [0.25, 0.3) is 10.4 Å². The standard InChI is InChI=1S/C18H21N7O4/c19-25-20-11-14(26)15(27)16(28)17(29)18(23-21-12-7-3-1-4-8-12)24-22-13-9-5-2-6-10-13/h1-10,14-17,21,26-29H,11H2/b23-18+,24-22?/t14-,15+,16+,17-/m1/s1. The number of azide groups is 1. The number of rotatable bonds is 9. The monoisotopic (exact) mass is 399 g/mol. The van der Waals surface area contributed by atoms with E-state index in [9.17, 15) is 20.4 Å². The van der Waals surface area contributed by atoms with E-state index in [1.807, 2.05) is 6.07 Å². The van der Waals surface area contributed by atoms with E-state index in [0.717, 1.165) is 0 Å². The number of nitrogens with one attached hydrogen (secondary N) is 1. The average Bonchev–Trinajstić information content (AvgIpc) is 2.77. The van der Waals surface area contributed by atoms with Crippen LogP contribution in [0.15, 0.2) is 81.1 Å². The van der Waals surface area contributed by atoms with Gasteiger partial charge in [-0.25, -0.2) is 0 Å². The van der Waals surface area contributed by atoms with Crippen molar-refractivity contribution in [3.05, 3.63) is 71.1 Å². The Balaban J connectivity index is 2.22. The summed E-state index contributed by atoms with van der Waals surface area (Å²) in [6.45, 7) is -0.484. The summed E-state index contributed by atoms with van der Waals surface area (Å²) in [4.78, 5) is 2.47. The number of benzene rings is 2. The van der Waals surface area contributed by atoms with E-state index in [1.54, 1.807) is 54.6 Å². The predicted octanol–water partition coefficient (Wildman–Crippen LogP) is 1.95. The van der Waals surface area contributed by atoms with Crippen molar-refractivity contribution in [1.29, 1.82) is 0 Å². The summed E-state index contributed by atoms with van der Waals surface area (Å²) in [5.74, 6) is -0.333. The number of para-hydroxylation sites is 1. The van der Waals surface area contributed by atoms with Gasteiger partial charge in [-0.05, 0) is 29.8 Å². The van der Waals surface area contributed by atoms with E-state index < -0.39 is 31.0 Å². The Morgan fingerprint density at radius 1 is 0.931 bits per heavy atom. The van der Waals surface area contributed by atoms with Crippen LogP contribution >= 0.6 is 0 Å². The van der Waals surface area contributed by atoms with Crippen LogP contribution < -0.4 is 5.43 Å². The number of azo groups is 1. The lowest BCUT2D eigenvalue weighted by molar-refractivity contribution is -0.0858. The summed E-state index contributed by atoms with van der Waals surface area (Å²) < 4.78 is 0. The Bertz CT molecular complexity index is 857. The molecule has 0 unspecified atom stereocenters. The molecule has 152 valence electrons. The molecule has 0 aromatic heterocycles. The highest BCUT2D eigenvalue weighted by molar-refractivity contribution is 5.88. The van der Waals surface area contributed by atoms with Crippen molar-refractivity contribution in [3.8, 4) is 0 Å². The molecular weight excluding hydrogens is 378 g/mol. The molecule has 11 nitrogen and oxygen atoms in total. The molecule has 2 aromatic rings. The van der Waals surface area contributed by atoms with Crippen LogP contribution in [0, 0.1) is 0 Å². The van der Waals surface area contributed by atoms with E-state index >= 15 is 0 Å². The van der Waals surface area contributed by atoms with Gasteiger partial charge in [0.25, 0.3) is 0 Å². The highest BCUT2D eigenvalue weighted by atomic mass is 16.4. The topological polar surface area (TPSA) is 179 Å². The quantitative estimate of drug-likeness (QED) is 0.108. The molecule has 0 amide bonds. The maximum atomic E-state index is 10.4. The molecule has 5 N–H and O–H groups in total. The van der Waals surface area contributed by atoms with Crippen molar-refractivity contribution in [3.63, 3.8) is 0 Å². The molecule has 0 radical (unpaired) electrons. The summed E-state index contributed by atoms with van der Waals surface area (Å²) >= 11 is 0. The molecule has 29 heavy (non-hydrogen) atoms. The molecule has 0 aliphatic rings. The third-order valence-electron chi connectivity index (χ3n) is 3.76. The van der Waals surface area contributed by atoms with Crippen molar-refractivity contribution in [2.45, 2.75) is 24.4 Å². The lowest BCUT2D eigenvalue weighted by Gasteiger charge is -2.25. The first kappa shape index (κ1) is 22.0. The fraction of sp³-hybridized carbons (Fsp3) is 0.278. The number of hydrogen-bond acceptors (Lipinski definition) is 8. The largest absolute Gasteiger partial charge is 0.390 e. The number of hydrazone groups is 1. The van der Waals surface area contributed by atoms with Crippen LogP contribution in [0.5, 0.6) is 0 Å². The van der Waals surface area contributed by atoms with Gasteiger partial charge in [-0.1, -0.05) is 41.5 Å². The van der Waals surface area contributed by atoms with Gasteiger partial charge in [-0.2, -0.15) is 5.10 Å². The first-order chi connectivity index (χ1) is 14.0. The Labute approximate surface area is 166 Å². The fourth-order valence-electron chi connectivity index (χ4n) is 2.18. The molecule has 0 saturated carbocycles. The number of amidine groups is 1. The predicted molar refractivity (Wildman–Crippen MR) is 106 cm³/mol. The lowest BCUT2D eigenvalue weighted by atomic mass is 10.0. The van der Waals surface area contributed by atoms with Gasteiger partial charge >= 0.3 is 0 Å². The molecule has 0 aliphatic carbocycles. The normalized spacial score (nSPS) is 15.9. The Hall–Kier alpha value is -3.34. The van der Waals surface area contributed by atoms with Crippen LogP contribution in [-0.4, -0.2) is 57.2 Å². The first-order valence-electron chi connectivity index (χ1n) is 8.61. The van der Waals surface area contributed by atoms with Crippen LogP contribution in [0.4, 0.5) is 11.4 Å². The molecule has 2 rings (SSSR count). The van der Waals surface area contributed by atoms with Crippen molar-refractivity contribution in [2.75, 3.05) is 12.0 Å². The zero-order valence-corrected chi connectivity index (χ0v) is 15.3. The second kappa shape index (κ2) is 11.5. The van der Waals surface area contributed by atoms with E-state index in [4.69, 9.17) is 5.53 Å². The highest BCUT2D eigenvalue weighted by Gasteiger charge is 2.33. The molecule has 0 heterocycles. The molecule has 4 atom stereocenters. The zero-order chi connectivity index (χ0) is 21.1. The van der Waals surface area contributed by atoms with Gasteiger partial charge in [-0.3, -0.25) is 5.43 Å². The van der Waals surface area contributed by atoms with Crippen LogP contribution in [0.2, 0.25) is 0 Å².